The van der Waals surface area contributed by atoms with Crippen LogP contribution in [0, 0.1) is 5.92 Å². The van der Waals surface area contributed by atoms with Crippen molar-refractivity contribution in [1.82, 2.24) is 10.6 Å². The third-order valence-electron chi connectivity index (χ3n) is 2.21. The highest BCUT2D eigenvalue weighted by Gasteiger charge is 2.24. The van der Waals surface area contributed by atoms with Gasteiger partial charge < -0.3 is 15.1 Å². The van der Waals surface area contributed by atoms with E-state index < -0.39 is 8.32 Å². The minimum atomic E-state index is -1.86. The Morgan fingerprint density at radius 1 is 1.25 bits per heavy atom. The molecule has 0 saturated carbocycles. The molecule has 0 aliphatic heterocycles. The summed E-state index contributed by atoms with van der Waals surface area (Å²) < 4.78 is 5.26. The minimum absolute atomic E-state index is 0.0662. The first-order valence-corrected chi connectivity index (χ1v) is 8.49. The summed E-state index contributed by atoms with van der Waals surface area (Å²) in [6, 6.07) is 0.404. The van der Waals surface area contributed by atoms with E-state index >= 15 is 0 Å². The number of rotatable bonds is 6. The smallest absolute Gasteiger partial charge is 0.223 e. The van der Waals surface area contributed by atoms with Gasteiger partial charge in [0, 0.05) is 19.1 Å². The number of amides is 2. The van der Waals surface area contributed by atoms with Gasteiger partial charge in [-0.05, 0) is 13.1 Å². The third-order valence-corrected chi connectivity index (χ3v) is 4.49. The molecule has 0 rings (SSSR count). The lowest BCUT2D eigenvalue weighted by atomic mass is 10.2. The number of hydrogen-bond acceptors (Lipinski definition) is 3. The number of nitrogens with one attached hydrogen (secondary N) is 2. The Morgan fingerprint density at radius 3 is 2.25 bits per heavy atom. The molecule has 2 amide bonds. The molecular weight excluding hydrogens is 224 g/mol. The van der Waals surface area contributed by atoms with Crippen molar-refractivity contribution in [3.8, 4) is 0 Å². The van der Waals surface area contributed by atoms with Crippen molar-refractivity contribution < 1.29 is 14.0 Å². The zero-order valence-corrected chi connectivity index (χ0v) is 11.7. The van der Waals surface area contributed by atoms with E-state index in [2.05, 4.69) is 10.6 Å². The molecule has 0 atom stereocenters. The average Bonchev–Trinajstić information content (AvgIpc) is 2.16. The van der Waals surface area contributed by atoms with Gasteiger partial charge in [0.05, 0.1) is 6.67 Å². The Balaban J connectivity index is 3.79. The van der Waals surface area contributed by atoms with Crippen molar-refractivity contribution in [2.45, 2.75) is 33.0 Å². The molecule has 0 spiro atoms. The van der Waals surface area contributed by atoms with Gasteiger partial charge in [-0.1, -0.05) is 13.8 Å². The van der Waals surface area contributed by atoms with Crippen LogP contribution in [0.15, 0.2) is 0 Å². The standard InChI is InChI=1S/C10H22N2O3Si/c1-8(2)10(14)12-7-11-9(13)6-16(4,5)15-3/h8H,6-7H2,1-5H3,(H,11,13)(H,12,14). The van der Waals surface area contributed by atoms with Crippen LogP contribution < -0.4 is 10.6 Å². The molecule has 0 saturated heterocycles. The molecule has 0 aliphatic rings. The van der Waals surface area contributed by atoms with E-state index in [0.717, 1.165) is 0 Å². The first-order valence-electron chi connectivity index (χ1n) is 5.38. The van der Waals surface area contributed by atoms with Gasteiger partial charge in [0.2, 0.25) is 11.8 Å². The topological polar surface area (TPSA) is 67.4 Å². The van der Waals surface area contributed by atoms with Crippen molar-refractivity contribution in [3.63, 3.8) is 0 Å². The lowest BCUT2D eigenvalue weighted by Gasteiger charge is -2.19. The summed E-state index contributed by atoms with van der Waals surface area (Å²) >= 11 is 0. The van der Waals surface area contributed by atoms with E-state index in [-0.39, 0.29) is 24.4 Å². The molecule has 0 aliphatic carbocycles. The van der Waals surface area contributed by atoms with E-state index in [9.17, 15) is 9.59 Å². The van der Waals surface area contributed by atoms with Crippen molar-refractivity contribution >= 4 is 20.1 Å². The third kappa shape index (κ3) is 6.57. The van der Waals surface area contributed by atoms with Crippen LogP contribution in [0.3, 0.4) is 0 Å². The predicted molar refractivity (Wildman–Crippen MR) is 65.3 cm³/mol. The van der Waals surface area contributed by atoms with Gasteiger partial charge in [-0.3, -0.25) is 9.59 Å². The number of carbonyl (C=O) groups is 2. The van der Waals surface area contributed by atoms with Crippen LogP contribution in [0.25, 0.3) is 0 Å². The summed E-state index contributed by atoms with van der Waals surface area (Å²) in [4.78, 5) is 22.6. The van der Waals surface area contributed by atoms with E-state index in [1.165, 1.54) is 0 Å². The first kappa shape index (κ1) is 15.1. The van der Waals surface area contributed by atoms with Crippen molar-refractivity contribution in [2.75, 3.05) is 13.8 Å². The maximum atomic E-state index is 11.5. The maximum absolute atomic E-state index is 11.5. The summed E-state index contributed by atoms with van der Waals surface area (Å²) in [5, 5.41) is 5.26. The molecule has 94 valence electrons. The largest absolute Gasteiger partial charge is 0.420 e. The number of hydrogen-bond donors (Lipinski definition) is 2. The summed E-state index contributed by atoms with van der Waals surface area (Å²) in [5.74, 6) is -0.215. The number of carbonyl (C=O) groups excluding carboxylic acids is 2. The molecule has 0 aromatic rings. The first-order chi connectivity index (χ1) is 7.28. The molecule has 6 heteroatoms. The van der Waals surface area contributed by atoms with Crippen LogP contribution in [0.5, 0.6) is 0 Å². The van der Waals surface area contributed by atoms with Crippen molar-refractivity contribution in [2.24, 2.45) is 5.92 Å². The second-order valence-electron chi connectivity index (χ2n) is 4.61. The lowest BCUT2D eigenvalue weighted by Crippen LogP contribution is -2.42. The SMILES string of the molecule is CO[Si](C)(C)CC(=O)NCNC(=O)C(C)C. The summed E-state index contributed by atoms with van der Waals surface area (Å²) in [6.07, 6.45) is 0. The predicted octanol–water partition coefficient (Wildman–Crippen LogP) is 0.684. The van der Waals surface area contributed by atoms with Crippen LogP contribution in [0.2, 0.25) is 19.1 Å². The van der Waals surface area contributed by atoms with Crippen molar-refractivity contribution in [3.05, 3.63) is 0 Å². The van der Waals surface area contributed by atoms with Gasteiger partial charge in [-0.25, -0.2) is 0 Å². The zero-order chi connectivity index (χ0) is 12.8. The molecule has 0 aromatic carbocycles. The van der Waals surface area contributed by atoms with E-state index in [1.807, 2.05) is 13.1 Å². The maximum Gasteiger partial charge on any atom is 0.223 e. The highest BCUT2D eigenvalue weighted by atomic mass is 28.4. The second kappa shape index (κ2) is 6.65. The van der Waals surface area contributed by atoms with Crippen LogP contribution >= 0.6 is 0 Å². The lowest BCUT2D eigenvalue weighted by molar-refractivity contribution is -0.124. The Hall–Kier alpha value is -0.883. The molecule has 0 radical (unpaired) electrons. The Morgan fingerprint density at radius 2 is 1.81 bits per heavy atom. The summed E-state index contributed by atoms with van der Waals surface area (Å²) in [6.45, 7) is 7.73. The Kier molecular flexibility index (Phi) is 6.28. The van der Waals surface area contributed by atoms with Crippen LogP contribution in [-0.4, -0.2) is 33.9 Å². The van der Waals surface area contributed by atoms with Gasteiger partial charge in [0.1, 0.15) is 0 Å². The monoisotopic (exact) mass is 246 g/mol. The molecule has 0 aromatic heterocycles. The van der Waals surface area contributed by atoms with Gasteiger partial charge in [0.15, 0.2) is 8.32 Å². The quantitative estimate of drug-likeness (QED) is 0.535. The molecule has 0 heterocycles. The molecule has 0 fully saturated rings. The van der Waals surface area contributed by atoms with Crippen molar-refractivity contribution in [1.29, 1.82) is 0 Å². The minimum Gasteiger partial charge on any atom is -0.420 e. The fourth-order valence-electron chi connectivity index (χ4n) is 0.955. The second-order valence-corrected chi connectivity index (χ2v) is 8.89. The molecule has 0 unspecified atom stereocenters. The summed E-state index contributed by atoms with van der Waals surface area (Å²) in [5.41, 5.74) is 0. The Bertz CT molecular complexity index is 254. The van der Waals surface area contributed by atoms with Crippen LogP contribution in [0.1, 0.15) is 13.8 Å². The summed E-state index contributed by atoms with van der Waals surface area (Å²) in [7, 11) is -0.239. The Labute approximate surface area is 98.1 Å². The average molecular weight is 246 g/mol. The van der Waals surface area contributed by atoms with E-state index in [1.54, 1.807) is 21.0 Å². The van der Waals surface area contributed by atoms with Crippen LogP contribution in [0.4, 0.5) is 0 Å². The normalized spacial score (nSPS) is 11.4. The van der Waals surface area contributed by atoms with Gasteiger partial charge in [-0.15, -0.1) is 0 Å². The fourth-order valence-corrected chi connectivity index (χ4v) is 2.00. The zero-order valence-electron chi connectivity index (χ0n) is 10.7. The van der Waals surface area contributed by atoms with Gasteiger partial charge >= 0.3 is 0 Å². The molecule has 5 nitrogen and oxygen atoms in total. The van der Waals surface area contributed by atoms with E-state index in [0.29, 0.717) is 6.04 Å². The van der Waals surface area contributed by atoms with Crippen LogP contribution in [-0.2, 0) is 14.0 Å². The molecular formula is C10H22N2O3Si. The highest BCUT2D eigenvalue weighted by molar-refractivity contribution is 6.74. The molecule has 2 N–H and O–H groups in total. The molecule has 16 heavy (non-hydrogen) atoms. The fraction of sp³-hybridized carbons (Fsp3) is 0.800. The van der Waals surface area contributed by atoms with E-state index in [4.69, 9.17) is 4.43 Å². The molecule has 0 bridgehead atoms. The van der Waals surface area contributed by atoms with Gasteiger partial charge in [0.25, 0.3) is 0 Å². The highest BCUT2D eigenvalue weighted by Crippen LogP contribution is 2.08. The van der Waals surface area contributed by atoms with Gasteiger partial charge in [-0.2, -0.15) is 0 Å².